The molecule has 2 heterocycles. The van der Waals surface area contributed by atoms with Crippen molar-refractivity contribution in [2.45, 2.75) is 78.3 Å². The van der Waals surface area contributed by atoms with Gasteiger partial charge in [-0.05, 0) is 48.0 Å². The second-order valence-corrected chi connectivity index (χ2v) is 7.47. The average Bonchev–Trinajstić information content (AvgIpc) is 2.77. The summed E-state index contributed by atoms with van der Waals surface area (Å²) in [5, 5.41) is 8.31. The molecule has 1 N–H and O–H groups in total. The van der Waals surface area contributed by atoms with Gasteiger partial charge in [-0.25, -0.2) is 0 Å². The van der Waals surface area contributed by atoms with Crippen LogP contribution >= 0.6 is 0 Å². The maximum atomic E-state index is 6.16. The van der Waals surface area contributed by atoms with Crippen LogP contribution in [0.15, 0.2) is 0 Å². The maximum absolute atomic E-state index is 6.16. The van der Waals surface area contributed by atoms with Crippen molar-refractivity contribution in [1.29, 1.82) is 0 Å². The highest BCUT2D eigenvalue weighted by atomic mass is 16.5. The number of hydrogen-bond acceptors (Lipinski definition) is 4. The van der Waals surface area contributed by atoms with Gasteiger partial charge in [0.2, 0.25) is 0 Å². The van der Waals surface area contributed by atoms with Crippen LogP contribution in [0.2, 0.25) is 0 Å². The number of ether oxygens (including phenoxy) is 2. The first-order chi connectivity index (χ1) is 10.2. The molecule has 0 amide bonds. The summed E-state index contributed by atoms with van der Waals surface area (Å²) in [6.07, 6.45) is 1.02. The highest BCUT2D eigenvalue weighted by Crippen LogP contribution is 2.37. The van der Waals surface area contributed by atoms with Crippen molar-refractivity contribution in [3.05, 3.63) is 17.0 Å². The molecule has 5 heteroatoms. The SMILES string of the molecule is COCCn1nc(C)c(CN[C@@H]2CC(C)(C)OC2(C)C)c1C. The van der Waals surface area contributed by atoms with E-state index < -0.39 is 0 Å². The lowest BCUT2D eigenvalue weighted by atomic mass is 9.94. The third-order valence-electron chi connectivity index (χ3n) is 4.64. The summed E-state index contributed by atoms with van der Waals surface area (Å²) >= 11 is 0. The molecule has 1 aromatic rings. The van der Waals surface area contributed by atoms with E-state index in [1.165, 1.54) is 11.3 Å². The maximum Gasteiger partial charge on any atom is 0.0787 e. The number of nitrogens with one attached hydrogen (secondary N) is 1. The number of hydrogen-bond donors (Lipinski definition) is 1. The fraction of sp³-hybridized carbons (Fsp3) is 0.824. The van der Waals surface area contributed by atoms with E-state index in [2.05, 4.69) is 52.0 Å². The fourth-order valence-corrected chi connectivity index (χ4v) is 3.49. The van der Waals surface area contributed by atoms with Crippen LogP contribution < -0.4 is 5.32 Å². The Morgan fingerprint density at radius 1 is 1.32 bits per heavy atom. The largest absolute Gasteiger partial charge is 0.383 e. The van der Waals surface area contributed by atoms with Crippen LogP contribution in [0.25, 0.3) is 0 Å². The Bertz CT molecular complexity index is 520. The Labute approximate surface area is 134 Å². The zero-order chi connectivity index (χ0) is 16.5. The molecule has 22 heavy (non-hydrogen) atoms. The molecular weight excluding hydrogens is 278 g/mol. The lowest BCUT2D eigenvalue weighted by Gasteiger charge is -2.28. The Morgan fingerprint density at radius 3 is 2.55 bits per heavy atom. The van der Waals surface area contributed by atoms with Gasteiger partial charge in [-0.1, -0.05) is 0 Å². The summed E-state index contributed by atoms with van der Waals surface area (Å²) in [7, 11) is 1.72. The van der Waals surface area contributed by atoms with Crippen molar-refractivity contribution in [3.8, 4) is 0 Å². The summed E-state index contributed by atoms with van der Waals surface area (Å²) in [5.41, 5.74) is 3.40. The molecule has 0 aromatic carbocycles. The van der Waals surface area contributed by atoms with Gasteiger partial charge in [-0.15, -0.1) is 0 Å². The molecule has 0 spiro atoms. The first-order valence-electron chi connectivity index (χ1n) is 8.11. The molecule has 126 valence electrons. The van der Waals surface area contributed by atoms with Crippen LogP contribution in [0.3, 0.4) is 0 Å². The smallest absolute Gasteiger partial charge is 0.0787 e. The second-order valence-electron chi connectivity index (χ2n) is 7.47. The van der Waals surface area contributed by atoms with Crippen molar-refractivity contribution < 1.29 is 9.47 Å². The molecule has 1 saturated heterocycles. The Hall–Kier alpha value is -0.910. The molecule has 0 bridgehead atoms. The van der Waals surface area contributed by atoms with Crippen LogP contribution in [0.5, 0.6) is 0 Å². The van der Waals surface area contributed by atoms with Crippen LogP contribution in [-0.2, 0) is 22.6 Å². The molecular formula is C17H31N3O2. The van der Waals surface area contributed by atoms with Crippen molar-refractivity contribution in [2.24, 2.45) is 0 Å². The minimum absolute atomic E-state index is 0.0616. The molecule has 1 aliphatic heterocycles. The molecule has 5 nitrogen and oxygen atoms in total. The lowest BCUT2D eigenvalue weighted by Crippen LogP contribution is -2.43. The number of methoxy groups -OCH3 is 1. The molecule has 1 fully saturated rings. The first-order valence-corrected chi connectivity index (χ1v) is 8.11. The molecule has 0 aliphatic carbocycles. The van der Waals surface area contributed by atoms with Crippen LogP contribution in [0, 0.1) is 13.8 Å². The van der Waals surface area contributed by atoms with Gasteiger partial charge < -0.3 is 14.8 Å². The third kappa shape index (κ3) is 3.70. The summed E-state index contributed by atoms with van der Waals surface area (Å²) < 4.78 is 13.3. The summed E-state index contributed by atoms with van der Waals surface area (Å²) in [6.45, 7) is 15.2. The van der Waals surface area contributed by atoms with Crippen LogP contribution in [-0.4, -0.2) is 40.7 Å². The molecule has 1 atom stereocenters. The van der Waals surface area contributed by atoms with Gasteiger partial charge >= 0.3 is 0 Å². The number of aryl methyl sites for hydroxylation is 1. The summed E-state index contributed by atoms with van der Waals surface area (Å²) in [4.78, 5) is 0. The summed E-state index contributed by atoms with van der Waals surface area (Å²) in [5.74, 6) is 0. The van der Waals surface area contributed by atoms with Crippen molar-refractivity contribution in [2.75, 3.05) is 13.7 Å². The second kappa shape index (κ2) is 6.30. The van der Waals surface area contributed by atoms with E-state index in [0.29, 0.717) is 12.6 Å². The van der Waals surface area contributed by atoms with Crippen molar-refractivity contribution in [1.82, 2.24) is 15.1 Å². The van der Waals surface area contributed by atoms with Gasteiger partial charge in [0.25, 0.3) is 0 Å². The lowest BCUT2D eigenvalue weighted by molar-refractivity contribution is -0.0699. The predicted molar refractivity (Wildman–Crippen MR) is 88.1 cm³/mol. The van der Waals surface area contributed by atoms with Gasteiger partial charge in [-0.3, -0.25) is 4.68 Å². The monoisotopic (exact) mass is 309 g/mol. The number of nitrogens with zero attached hydrogens (tertiary/aromatic N) is 2. The topological polar surface area (TPSA) is 48.3 Å². The van der Waals surface area contributed by atoms with E-state index in [1.54, 1.807) is 7.11 Å². The summed E-state index contributed by atoms with van der Waals surface area (Å²) in [6, 6.07) is 0.351. The Kier molecular flexibility index (Phi) is 5.00. The average molecular weight is 309 g/mol. The minimum Gasteiger partial charge on any atom is -0.383 e. The Balaban J connectivity index is 2.04. The standard InChI is InChI=1S/C17H31N3O2/c1-12-14(13(2)20(19-12)8-9-21-7)11-18-15-10-16(3,4)22-17(15,5)6/h15,18H,8-11H2,1-7H3/t15-/m1/s1. The van der Waals surface area contributed by atoms with Crippen LogP contribution in [0.4, 0.5) is 0 Å². The van der Waals surface area contributed by atoms with Gasteiger partial charge in [0.05, 0.1) is 30.0 Å². The van der Waals surface area contributed by atoms with Gasteiger partial charge in [0.1, 0.15) is 0 Å². The third-order valence-corrected chi connectivity index (χ3v) is 4.64. The predicted octanol–water partition coefficient (Wildman–Crippen LogP) is 2.58. The quantitative estimate of drug-likeness (QED) is 0.877. The van der Waals surface area contributed by atoms with E-state index in [4.69, 9.17) is 9.47 Å². The fourth-order valence-electron chi connectivity index (χ4n) is 3.49. The van der Waals surface area contributed by atoms with Crippen molar-refractivity contribution in [3.63, 3.8) is 0 Å². The van der Waals surface area contributed by atoms with E-state index in [0.717, 1.165) is 25.2 Å². The zero-order valence-corrected chi connectivity index (χ0v) is 15.1. The minimum atomic E-state index is -0.142. The van der Waals surface area contributed by atoms with Gasteiger partial charge in [0, 0.05) is 31.0 Å². The molecule has 2 rings (SSSR count). The number of aromatic nitrogens is 2. The highest BCUT2D eigenvalue weighted by molar-refractivity contribution is 5.24. The highest BCUT2D eigenvalue weighted by Gasteiger charge is 2.45. The van der Waals surface area contributed by atoms with E-state index >= 15 is 0 Å². The molecule has 0 unspecified atom stereocenters. The normalized spacial score (nSPS) is 23.1. The molecule has 0 saturated carbocycles. The van der Waals surface area contributed by atoms with Crippen LogP contribution in [0.1, 0.15) is 51.1 Å². The molecule has 0 radical (unpaired) electrons. The van der Waals surface area contributed by atoms with Gasteiger partial charge in [-0.2, -0.15) is 5.10 Å². The van der Waals surface area contributed by atoms with E-state index in [-0.39, 0.29) is 11.2 Å². The zero-order valence-electron chi connectivity index (χ0n) is 15.1. The Morgan fingerprint density at radius 2 is 2.00 bits per heavy atom. The van der Waals surface area contributed by atoms with E-state index in [1.807, 2.05) is 4.68 Å². The number of rotatable bonds is 6. The molecule has 1 aliphatic rings. The molecule has 1 aromatic heterocycles. The van der Waals surface area contributed by atoms with Crippen molar-refractivity contribution >= 4 is 0 Å². The van der Waals surface area contributed by atoms with Gasteiger partial charge in [0.15, 0.2) is 0 Å². The first kappa shape index (κ1) is 17.4. The van der Waals surface area contributed by atoms with E-state index in [9.17, 15) is 0 Å².